The third-order valence-corrected chi connectivity index (χ3v) is 3.22. The Morgan fingerprint density at radius 3 is 2.94 bits per heavy atom. The molecule has 5 heteroatoms. The molecule has 1 N–H and O–H groups in total. The highest BCUT2D eigenvalue weighted by Gasteiger charge is 2.14. The molecule has 0 amide bonds. The zero-order valence-corrected chi connectivity index (χ0v) is 10.1. The second-order valence-corrected chi connectivity index (χ2v) is 4.37. The lowest BCUT2D eigenvalue weighted by Crippen LogP contribution is -2.30. The van der Waals surface area contributed by atoms with Gasteiger partial charge in [0.1, 0.15) is 5.52 Å². The van der Waals surface area contributed by atoms with Crippen molar-refractivity contribution in [2.24, 2.45) is 5.92 Å². The van der Waals surface area contributed by atoms with E-state index in [-0.39, 0.29) is 11.5 Å². The summed E-state index contributed by atoms with van der Waals surface area (Å²) in [7, 11) is 0. The molecule has 17 heavy (non-hydrogen) atoms. The van der Waals surface area contributed by atoms with E-state index in [1.54, 1.807) is 24.7 Å². The number of hydrogen-bond donors (Lipinski definition) is 1. The van der Waals surface area contributed by atoms with Crippen molar-refractivity contribution in [3.63, 3.8) is 0 Å². The van der Waals surface area contributed by atoms with Crippen LogP contribution in [0.3, 0.4) is 0 Å². The predicted octanol–water partition coefficient (Wildman–Crippen LogP) is 0.903. The Balaban J connectivity index is 2.30. The molecule has 5 nitrogen and oxygen atoms in total. The standard InChI is InChI=1S/C12H17N3O2/c1-3-9(2)11(16)8-14-6-7-15-10(12(14)17)4-5-13-15/h4-7,9,11,16H,3,8H2,1-2H3. The second-order valence-electron chi connectivity index (χ2n) is 4.37. The summed E-state index contributed by atoms with van der Waals surface area (Å²) < 4.78 is 3.07. The highest BCUT2D eigenvalue weighted by atomic mass is 16.3. The van der Waals surface area contributed by atoms with Crippen LogP contribution < -0.4 is 5.56 Å². The molecule has 0 aromatic carbocycles. The summed E-state index contributed by atoms with van der Waals surface area (Å²) in [5.74, 6) is 0.183. The van der Waals surface area contributed by atoms with Gasteiger partial charge in [-0.1, -0.05) is 20.3 Å². The van der Waals surface area contributed by atoms with Crippen molar-refractivity contribution >= 4 is 5.52 Å². The highest BCUT2D eigenvalue weighted by Crippen LogP contribution is 2.08. The summed E-state index contributed by atoms with van der Waals surface area (Å²) in [5, 5.41) is 13.9. The maximum Gasteiger partial charge on any atom is 0.276 e. The number of aliphatic hydroxyl groups is 1. The maximum absolute atomic E-state index is 12.0. The molecule has 2 heterocycles. The van der Waals surface area contributed by atoms with Crippen LogP contribution in [0.2, 0.25) is 0 Å². The van der Waals surface area contributed by atoms with E-state index in [9.17, 15) is 9.90 Å². The van der Waals surface area contributed by atoms with Gasteiger partial charge in [-0.15, -0.1) is 0 Å². The van der Waals surface area contributed by atoms with Crippen LogP contribution in [0.4, 0.5) is 0 Å². The minimum Gasteiger partial charge on any atom is -0.391 e. The Hall–Kier alpha value is -1.62. The van der Waals surface area contributed by atoms with Gasteiger partial charge >= 0.3 is 0 Å². The van der Waals surface area contributed by atoms with Gasteiger partial charge in [0.15, 0.2) is 0 Å². The molecule has 2 unspecified atom stereocenters. The number of aromatic nitrogens is 3. The highest BCUT2D eigenvalue weighted by molar-refractivity contribution is 5.42. The fourth-order valence-electron chi connectivity index (χ4n) is 1.76. The van der Waals surface area contributed by atoms with Crippen LogP contribution in [0.1, 0.15) is 20.3 Å². The molecule has 2 atom stereocenters. The molecule has 0 aliphatic rings. The number of rotatable bonds is 4. The normalized spacial score (nSPS) is 15.0. The third-order valence-electron chi connectivity index (χ3n) is 3.22. The van der Waals surface area contributed by atoms with E-state index >= 15 is 0 Å². The molecule has 0 bridgehead atoms. The van der Waals surface area contributed by atoms with Crippen LogP contribution in [0.5, 0.6) is 0 Å². The van der Waals surface area contributed by atoms with E-state index in [0.29, 0.717) is 12.1 Å². The quantitative estimate of drug-likeness (QED) is 0.856. The Bertz CT molecular complexity index is 558. The molecule has 92 valence electrons. The largest absolute Gasteiger partial charge is 0.391 e. The van der Waals surface area contributed by atoms with E-state index in [0.717, 1.165) is 6.42 Å². The molecule has 0 saturated heterocycles. The first-order valence-corrected chi connectivity index (χ1v) is 5.84. The lowest BCUT2D eigenvalue weighted by Gasteiger charge is -2.18. The van der Waals surface area contributed by atoms with Gasteiger partial charge in [0, 0.05) is 12.4 Å². The molecule has 0 aliphatic carbocycles. The topological polar surface area (TPSA) is 59.5 Å². The van der Waals surface area contributed by atoms with Gasteiger partial charge in [0.05, 0.1) is 18.8 Å². The molecule has 0 fully saturated rings. The molecule has 0 saturated carbocycles. The number of aliphatic hydroxyl groups excluding tert-OH is 1. The zero-order valence-electron chi connectivity index (χ0n) is 10.1. The first-order chi connectivity index (χ1) is 8.13. The van der Waals surface area contributed by atoms with Crippen molar-refractivity contribution in [1.29, 1.82) is 0 Å². The fraction of sp³-hybridized carbons (Fsp3) is 0.500. The van der Waals surface area contributed by atoms with Crippen molar-refractivity contribution in [2.45, 2.75) is 32.9 Å². The van der Waals surface area contributed by atoms with Crippen LogP contribution in [0.25, 0.3) is 5.52 Å². The summed E-state index contributed by atoms with van der Waals surface area (Å²) in [6.07, 6.45) is 5.37. The fourth-order valence-corrected chi connectivity index (χ4v) is 1.76. The lowest BCUT2D eigenvalue weighted by atomic mass is 10.0. The van der Waals surface area contributed by atoms with Gasteiger partial charge in [-0.2, -0.15) is 5.10 Å². The first-order valence-electron chi connectivity index (χ1n) is 5.84. The van der Waals surface area contributed by atoms with Gasteiger partial charge in [-0.3, -0.25) is 4.79 Å². The first kappa shape index (κ1) is 11.9. The minimum atomic E-state index is -0.497. The average Bonchev–Trinajstić information content (AvgIpc) is 2.80. The number of fused-ring (bicyclic) bond motifs is 1. The van der Waals surface area contributed by atoms with E-state index < -0.39 is 6.10 Å². The Morgan fingerprint density at radius 1 is 1.47 bits per heavy atom. The third kappa shape index (κ3) is 2.24. The van der Waals surface area contributed by atoms with Crippen LogP contribution in [0, 0.1) is 5.92 Å². The van der Waals surface area contributed by atoms with Gasteiger partial charge in [0.2, 0.25) is 0 Å². The number of hydrogen-bond acceptors (Lipinski definition) is 3. The molecule has 0 aliphatic heterocycles. The molecular weight excluding hydrogens is 218 g/mol. The summed E-state index contributed by atoms with van der Waals surface area (Å²) >= 11 is 0. The summed E-state index contributed by atoms with van der Waals surface area (Å²) in [5.41, 5.74) is 0.413. The molecule has 2 aromatic heterocycles. The van der Waals surface area contributed by atoms with Crippen molar-refractivity contribution in [3.05, 3.63) is 35.0 Å². The Kier molecular flexibility index (Phi) is 3.28. The van der Waals surface area contributed by atoms with E-state index in [1.165, 1.54) is 9.08 Å². The summed E-state index contributed by atoms with van der Waals surface area (Å²) in [4.78, 5) is 12.0. The van der Waals surface area contributed by atoms with E-state index in [4.69, 9.17) is 0 Å². The molecule has 0 radical (unpaired) electrons. The van der Waals surface area contributed by atoms with E-state index in [2.05, 4.69) is 5.10 Å². The van der Waals surface area contributed by atoms with Crippen LogP contribution in [-0.2, 0) is 6.54 Å². The van der Waals surface area contributed by atoms with Crippen molar-refractivity contribution in [1.82, 2.24) is 14.2 Å². The molecule has 2 rings (SSSR count). The summed E-state index contributed by atoms with van der Waals surface area (Å²) in [6, 6.07) is 1.68. The average molecular weight is 235 g/mol. The number of nitrogens with zero attached hydrogens (tertiary/aromatic N) is 3. The monoisotopic (exact) mass is 235 g/mol. The molecule has 0 spiro atoms. The van der Waals surface area contributed by atoms with Crippen molar-refractivity contribution in [2.75, 3.05) is 0 Å². The molecular formula is C12H17N3O2. The SMILES string of the molecule is CCC(C)C(O)Cn1ccn2nccc2c1=O. The second kappa shape index (κ2) is 4.71. The summed E-state index contributed by atoms with van der Waals surface area (Å²) in [6.45, 7) is 4.33. The molecule has 2 aromatic rings. The Labute approximate surface area is 99.3 Å². The van der Waals surface area contributed by atoms with Gasteiger partial charge in [-0.25, -0.2) is 4.52 Å². The Morgan fingerprint density at radius 2 is 2.24 bits per heavy atom. The van der Waals surface area contributed by atoms with Crippen LogP contribution in [-0.4, -0.2) is 25.4 Å². The lowest BCUT2D eigenvalue weighted by molar-refractivity contribution is 0.0956. The van der Waals surface area contributed by atoms with Gasteiger partial charge < -0.3 is 9.67 Å². The zero-order chi connectivity index (χ0) is 12.4. The van der Waals surface area contributed by atoms with Crippen LogP contribution >= 0.6 is 0 Å². The minimum absolute atomic E-state index is 0.118. The van der Waals surface area contributed by atoms with Gasteiger partial charge in [0.25, 0.3) is 5.56 Å². The van der Waals surface area contributed by atoms with E-state index in [1.807, 2.05) is 13.8 Å². The van der Waals surface area contributed by atoms with Crippen molar-refractivity contribution < 1.29 is 5.11 Å². The van der Waals surface area contributed by atoms with Crippen molar-refractivity contribution in [3.8, 4) is 0 Å². The maximum atomic E-state index is 12.0. The van der Waals surface area contributed by atoms with Crippen LogP contribution in [0.15, 0.2) is 29.5 Å². The predicted molar refractivity (Wildman–Crippen MR) is 64.9 cm³/mol. The van der Waals surface area contributed by atoms with Gasteiger partial charge in [-0.05, 0) is 12.0 Å². The smallest absolute Gasteiger partial charge is 0.276 e.